The van der Waals surface area contributed by atoms with Gasteiger partial charge in [0.2, 0.25) is 10.0 Å². The van der Waals surface area contributed by atoms with Crippen molar-refractivity contribution >= 4 is 21.6 Å². The minimum atomic E-state index is -3.71. The highest BCUT2D eigenvalue weighted by molar-refractivity contribution is 7.89. The lowest BCUT2D eigenvalue weighted by atomic mass is 10.0. The normalized spacial score (nSPS) is 20.2. The number of sulfonamides is 1. The Morgan fingerprint density at radius 3 is 2.86 bits per heavy atom. The van der Waals surface area contributed by atoms with Crippen LogP contribution in [0.5, 0.6) is 0 Å². The zero-order chi connectivity index (χ0) is 16.2. The Balaban J connectivity index is 1.93. The molecular weight excluding hydrogens is 331 g/mol. The third-order valence-electron chi connectivity index (χ3n) is 3.85. The van der Waals surface area contributed by atoms with Gasteiger partial charge in [0.05, 0.1) is 16.5 Å². The SMILES string of the molecule is O=S(=O)(NCCN1CCCCC1CO)c1ccc(F)c(Cl)c1. The molecule has 22 heavy (non-hydrogen) atoms. The maximum Gasteiger partial charge on any atom is 0.240 e. The van der Waals surface area contributed by atoms with Crippen LogP contribution < -0.4 is 4.72 Å². The molecule has 1 aliphatic heterocycles. The van der Waals surface area contributed by atoms with E-state index in [1.165, 1.54) is 6.07 Å². The van der Waals surface area contributed by atoms with Crippen LogP contribution in [-0.2, 0) is 10.0 Å². The number of hydrogen-bond donors (Lipinski definition) is 2. The Labute approximate surface area is 135 Å². The molecule has 0 saturated carbocycles. The standard InChI is InChI=1S/C14H20ClFN2O3S/c15-13-9-12(4-5-14(13)16)22(20,21)17-6-8-18-7-2-1-3-11(18)10-19/h4-5,9,11,17,19H,1-3,6-8,10H2. The van der Waals surface area contributed by atoms with Crippen LogP contribution in [0.25, 0.3) is 0 Å². The molecule has 1 aromatic carbocycles. The number of likely N-dealkylation sites (tertiary alicyclic amines) is 1. The van der Waals surface area contributed by atoms with Gasteiger partial charge in [0.15, 0.2) is 0 Å². The molecule has 0 aromatic heterocycles. The van der Waals surface area contributed by atoms with E-state index in [4.69, 9.17) is 11.6 Å². The van der Waals surface area contributed by atoms with Crippen molar-refractivity contribution in [3.8, 4) is 0 Å². The number of benzene rings is 1. The van der Waals surface area contributed by atoms with E-state index in [2.05, 4.69) is 9.62 Å². The quantitative estimate of drug-likeness (QED) is 0.817. The molecule has 1 unspecified atom stereocenters. The fourth-order valence-corrected chi connectivity index (χ4v) is 3.90. The van der Waals surface area contributed by atoms with Crippen molar-refractivity contribution in [3.63, 3.8) is 0 Å². The third-order valence-corrected chi connectivity index (χ3v) is 5.60. The topological polar surface area (TPSA) is 69.6 Å². The van der Waals surface area contributed by atoms with Gasteiger partial charge >= 0.3 is 0 Å². The Kier molecular flexibility index (Phi) is 6.17. The minimum absolute atomic E-state index is 0.0590. The van der Waals surface area contributed by atoms with E-state index in [1.807, 2.05) is 0 Å². The smallest absolute Gasteiger partial charge is 0.240 e. The fourth-order valence-electron chi connectivity index (χ4n) is 2.61. The summed E-state index contributed by atoms with van der Waals surface area (Å²) in [5.41, 5.74) is 0. The van der Waals surface area contributed by atoms with Crippen LogP contribution in [0.15, 0.2) is 23.1 Å². The van der Waals surface area contributed by atoms with E-state index < -0.39 is 15.8 Å². The number of halogens is 2. The van der Waals surface area contributed by atoms with Crippen molar-refractivity contribution in [3.05, 3.63) is 29.0 Å². The van der Waals surface area contributed by atoms with Crippen molar-refractivity contribution in [2.24, 2.45) is 0 Å². The lowest BCUT2D eigenvalue weighted by molar-refractivity contribution is 0.0923. The Morgan fingerprint density at radius 2 is 2.18 bits per heavy atom. The summed E-state index contributed by atoms with van der Waals surface area (Å²) in [6.07, 6.45) is 3.06. The van der Waals surface area contributed by atoms with E-state index in [9.17, 15) is 17.9 Å². The summed E-state index contributed by atoms with van der Waals surface area (Å²) < 4.78 is 39.8. The van der Waals surface area contributed by atoms with E-state index in [0.717, 1.165) is 37.9 Å². The van der Waals surface area contributed by atoms with Gasteiger partial charge in [-0.1, -0.05) is 18.0 Å². The zero-order valence-electron chi connectivity index (χ0n) is 12.1. The molecule has 1 aromatic rings. The van der Waals surface area contributed by atoms with Gasteiger partial charge in [-0.2, -0.15) is 0 Å². The molecule has 0 radical (unpaired) electrons. The average Bonchev–Trinajstić information content (AvgIpc) is 2.50. The molecule has 124 valence electrons. The van der Waals surface area contributed by atoms with Gasteiger partial charge in [0, 0.05) is 19.1 Å². The largest absolute Gasteiger partial charge is 0.395 e. The highest BCUT2D eigenvalue weighted by Gasteiger charge is 2.22. The van der Waals surface area contributed by atoms with Crippen LogP contribution in [0.1, 0.15) is 19.3 Å². The van der Waals surface area contributed by atoms with Gasteiger partial charge in [-0.15, -0.1) is 0 Å². The van der Waals surface area contributed by atoms with E-state index in [1.54, 1.807) is 0 Å². The van der Waals surface area contributed by atoms with Crippen LogP contribution in [0, 0.1) is 5.82 Å². The van der Waals surface area contributed by atoms with Crippen LogP contribution in [0.4, 0.5) is 4.39 Å². The molecule has 5 nitrogen and oxygen atoms in total. The van der Waals surface area contributed by atoms with Gasteiger partial charge in [0.1, 0.15) is 5.82 Å². The lowest BCUT2D eigenvalue weighted by Gasteiger charge is -2.34. The van der Waals surface area contributed by atoms with Crippen LogP contribution in [0.3, 0.4) is 0 Å². The number of nitrogens with one attached hydrogen (secondary N) is 1. The predicted molar refractivity (Wildman–Crippen MR) is 82.9 cm³/mol. The first-order valence-corrected chi connectivity index (χ1v) is 9.10. The molecule has 0 aliphatic carbocycles. The van der Waals surface area contributed by atoms with Gasteiger partial charge in [-0.25, -0.2) is 17.5 Å². The van der Waals surface area contributed by atoms with Crippen molar-refractivity contribution in [1.82, 2.24) is 9.62 Å². The summed E-state index contributed by atoms with van der Waals surface area (Å²) >= 11 is 5.61. The summed E-state index contributed by atoms with van der Waals surface area (Å²) in [7, 11) is -3.71. The number of aliphatic hydroxyl groups is 1. The second-order valence-electron chi connectivity index (χ2n) is 5.34. The molecule has 0 spiro atoms. The number of rotatable bonds is 6. The van der Waals surface area contributed by atoms with Crippen molar-refractivity contribution in [2.75, 3.05) is 26.2 Å². The number of aliphatic hydroxyl groups excluding tert-OH is 1. The van der Waals surface area contributed by atoms with Gasteiger partial charge < -0.3 is 5.11 Å². The first-order valence-electron chi connectivity index (χ1n) is 7.23. The Bertz CT molecular complexity index is 612. The van der Waals surface area contributed by atoms with Crippen LogP contribution >= 0.6 is 11.6 Å². The predicted octanol–water partition coefficient (Wildman–Crippen LogP) is 1.60. The second kappa shape index (κ2) is 7.70. The minimum Gasteiger partial charge on any atom is -0.395 e. The highest BCUT2D eigenvalue weighted by atomic mass is 35.5. The zero-order valence-corrected chi connectivity index (χ0v) is 13.7. The van der Waals surface area contributed by atoms with Crippen LogP contribution in [-0.4, -0.2) is 50.7 Å². The van der Waals surface area contributed by atoms with Crippen molar-refractivity contribution in [1.29, 1.82) is 0 Å². The van der Waals surface area contributed by atoms with Crippen molar-refractivity contribution in [2.45, 2.75) is 30.2 Å². The van der Waals surface area contributed by atoms with Crippen molar-refractivity contribution < 1.29 is 17.9 Å². The molecular formula is C14H20ClFN2O3S. The van der Waals surface area contributed by atoms with E-state index in [-0.39, 0.29) is 29.1 Å². The lowest BCUT2D eigenvalue weighted by Crippen LogP contribution is -2.45. The van der Waals surface area contributed by atoms with E-state index >= 15 is 0 Å². The van der Waals surface area contributed by atoms with Gasteiger partial charge in [-0.05, 0) is 37.6 Å². The fraction of sp³-hybridized carbons (Fsp3) is 0.571. The summed E-state index contributed by atoms with van der Waals surface area (Å²) in [5.74, 6) is -0.653. The number of nitrogens with zero attached hydrogens (tertiary/aromatic N) is 1. The summed E-state index contributed by atoms with van der Waals surface area (Å²) in [6, 6.07) is 3.40. The molecule has 8 heteroatoms. The molecule has 1 saturated heterocycles. The molecule has 2 N–H and O–H groups in total. The third kappa shape index (κ3) is 4.39. The maximum absolute atomic E-state index is 13.1. The maximum atomic E-state index is 13.1. The molecule has 1 atom stereocenters. The Hall–Kier alpha value is -0.730. The molecule has 1 aliphatic rings. The van der Waals surface area contributed by atoms with Crippen LogP contribution in [0.2, 0.25) is 5.02 Å². The second-order valence-corrected chi connectivity index (χ2v) is 7.52. The highest BCUT2D eigenvalue weighted by Crippen LogP contribution is 2.19. The molecule has 1 fully saturated rings. The summed E-state index contributed by atoms with van der Waals surface area (Å²) in [6.45, 7) is 1.70. The average molecular weight is 351 g/mol. The number of piperidine rings is 1. The van der Waals surface area contributed by atoms with Gasteiger partial charge in [0.25, 0.3) is 0 Å². The molecule has 1 heterocycles. The van der Waals surface area contributed by atoms with E-state index in [0.29, 0.717) is 6.54 Å². The first kappa shape index (κ1) is 17.6. The Morgan fingerprint density at radius 1 is 1.41 bits per heavy atom. The summed E-state index contributed by atoms with van der Waals surface area (Å²) in [4.78, 5) is 2.03. The summed E-state index contributed by atoms with van der Waals surface area (Å²) in [5, 5.41) is 9.10. The first-order chi connectivity index (χ1) is 10.4. The molecule has 0 amide bonds. The monoisotopic (exact) mass is 350 g/mol. The molecule has 2 rings (SSSR count). The number of hydrogen-bond acceptors (Lipinski definition) is 4. The van der Waals surface area contributed by atoms with Gasteiger partial charge in [-0.3, -0.25) is 4.90 Å². The molecule has 0 bridgehead atoms.